The van der Waals surface area contributed by atoms with Crippen molar-refractivity contribution >= 4 is 40.9 Å². The molecule has 1 heterocycles. The predicted octanol–water partition coefficient (Wildman–Crippen LogP) is 4.96. The monoisotopic (exact) mass is 838 g/mol. The number of carbonyl (C=O) groups is 5. The Morgan fingerprint density at radius 1 is 0.867 bits per heavy atom. The minimum absolute atomic E-state index is 0.0332. The van der Waals surface area contributed by atoms with Gasteiger partial charge >= 0.3 is 0 Å². The van der Waals surface area contributed by atoms with Crippen molar-refractivity contribution in [2.24, 2.45) is 29.4 Å². The van der Waals surface area contributed by atoms with E-state index in [1.54, 1.807) is 57.4 Å². The largest absolute Gasteiger partial charge is 0.399 e. The summed E-state index contributed by atoms with van der Waals surface area (Å²) in [5.74, 6) is -1.08. The van der Waals surface area contributed by atoms with E-state index in [0.29, 0.717) is 30.8 Å². The van der Waals surface area contributed by atoms with Crippen LogP contribution >= 0.6 is 0 Å². The number of benzene rings is 2. The molecule has 2 aromatic carbocycles. The van der Waals surface area contributed by atoms with Crippen molar-refractivity contribution in [1.82, 2.24) is 20.0 Å². The van der Waals surface area contributed by atoms with E-state index in [1.807, 2.05) is 81.9 Å². The van der Waals surface area contributed by atoms with Crippen LogP contribution in [0.15, 0.2) is 54.6 Å². The number of hydrogen-bond acceptors (Lipinski definition) is 9. The Labute approximate surface area is 359 Å². The zero-order valence-electron chi connectivity index (χ0n) is 38.3. The second-order valence-corrected chi connectivity index (χ2v) is 17.2. The molecule has 8 atom stereocenters. The number of amides is 5. The van der Waals surface area contributed by atoms with Gasteiger partial charge in [0.2, 0.25) is 29.5 Å². The number of likely N-dealkylation sites (tertiary alicyclic amines) is 1. The number of nitrogens with two attached hydrogens (primary N) is 2. The standard InChI is InChI=1S/C39H59N5O6.C7H16N2O/c1-9-26(4)36(43(6)34(45)22-25(2)3)33(49-7)24-35(46)44-21-13-16-32(44)37(50-8)27(5)38(47)42-31(23-28-14-11-10-12-15-28)39(48)41-30-19-17-29(40)18-20-30;1-5(2)6(7(8)10)9(3)4/h10-12,14-15,17-20,25-27,31-33,36-37H,9,13,16,21-24,40H2,1-8H3,(H,41,48)(H,42,47);5-6H,1-4H3,(H2,8,10)/t26?,27?,31-,32?,33?,36?,37?;/m0./s1. The predicted molar refractivity (Wildman–Crippen MR) is 239 cm³/mol. The first-order chi connectivity index (χ1) is 28.3. The third-order valence-corrected chi connectivity index (χ3v) is 11.5. The number of rotatable bonds is 21. The molecule has 0 radical (unpaired) electrons. The van der Waals surface area contributed by atoms with Crippen molar-refractivity contribution in [3.8, 4) is 0 Å². The fourth-order valence-corrected chi connectivity index (χ4v) is 8.16. The van der Waals surface area contributed by atoms with Crippen LogP contribution in [0.2, 0.25) is 0 Å². The maximum absolute atomic E-state index is 14.0. The summed E-state index contributed by atoms with van der Waals surface area (Å²) in [6.45, 7) is 14.5. The van der Waals surface area contributed by atoms with E-state index in [0.717, 1.165) is 18.4 Å². The normalized spacial score (nSPS) is 17.4. The molecule has 1 aliphatic rings. The SMILES string of the molecule is CC(C)C(C(N)=O)N(C)C.CCC(C)C(C(CC(=O)N1CCCC1C(OC)C(C)C(=O)N[C@@H](Cc1ccccc1)C(=O)Nc1ccc(N)cc1)OC)N(C)C(=O)CC(C)C. The Morgan fingerprint density at radius 2 is 1.48 bits per heavy atom. The molecule has 6 N–H and O–H groups in total. The van der Waals surface area contributed by atoms with E-state index in [9.17, 15) is 24.0 Å². The smallest absolute Gasteiger partial charge is 0.247 e. The summed E-state index contributed by atoms with van der Waals surface area (Å²) in [5.41, 5.74) is 13.0. The average molecular weight is 838 g/mol. The average Bonchev–Trinajstić information content (AvgIpc) is 3.67. The topological polar surface area (TPSA) is 190 Å². The van der Waals surface area contributed by atoms with E-state index < -0.39 is 24.2 Å². The summed E-state index contributed by atoms with van der Waals surface area (Å²) in [5, 5.41) is 5.87. The van der Waals surface area contributed by atoms with Gasteiger partial charge in [0.25, 0.3) is 0 Å². The zero-order valence-corrected chi connectivity index (χ0v) is 38.3. The lowest BCUT2D eigenvalue weighted by Crippen LogP contribution is -2.54. The number of hydrogen-bond donors (Lipinski definition) is 4. The highest BCUT2D eigenvalue weighted by Crippen LogP contribution is 2.30. The summed E-state index contributed by atoms with van der Waals surface area (Å²) in [6.07, 6.45) is 1.97. The van der Waals surface area contributed by atoms with Gasteiger partial charge < -0.3 is 41.4 Å². The number of methoxy groups -OCH3 is 2. The molecule has 14 heteroatoms. The third kappa shape index (κ3) is 15.5. The van der Waals surface area contributed by atoms with Gasteiger partial charge in [0, 0.05) is 52.0 Å². The van der Waals surface area contributed by atoms with Gasteiger partial charge in [-0.1, -0.05) is 85.2 Å². The van der Waals surface area contributed by atoms with E-state index in [1.165, 1.54) is 0 Å². The molecule has 0 bridgehead atoms. The van der Waals surface area contributed by atoms with E-state index in [4.69, 9.17) is 20.9 Å². The number of carbonyl (C=O) groups excluding carboxylic acids is 5. The fourth-order valence-electron chi connectivity index (χ4n) is 8.16. The van der Waals surface area contributed by atoms with Crippen LogP contribution < -0.4 is 22.1 Å². The second kappa shape index (κ2) is 25.3. The van der Waals surface area contributed by atoms with Gasteiger partial charge in [-0.25, -0.2) is 0 Å². The molecular weight excluding hydrogens is 763 g/mol. The first-order valence-corrected chi connectivity index (χ1v) is 21.3. The van der Waals surface area contributed by atoms with Crippen LogP contribution in [0.3, 0.4) is 0 Å². The van der Waals surface area contributed by atoms with Gasteiger partial charge in [-0.2, -0.15) is 0 Å². The Bertz CT molecular complexity index is 1630. The molecule has 1 aliphatic heterocycles. The van der Waals surface area contributed by atoms with Crippen LogP contribution in [0.5, 0.6) is 0 Å². The van der Waals surface area contributed by atoms with Crippen LogP contribution in [0.25, 0.3) is 0 Å². The molecule has 7 unspecified atom stereocenters. The Balaban J connectivity index is 0.00000109. The molecule has 0 aliphatic carbocycles. The minimum atomic E-state index is -0.862. The molecule has 5 amide bonds. The van der Waals surface area contributed by atoms with Gasteiger partial charge in [0.15, 0.2) is 0 Å². The first kappa shape index (κ1) is 51.6. The van der Waals surface area contributed by atoms with Gasteiger partial charge in [-0.3, -0.25) is 28.9 Å². The first-order valence-electron chi connectivity index (χ1n) is 21.3. The molecule has 0 saturated carbocycles. The number of primary amides is 1. The van der Waals surface area contributed by atoms with Crippen molar-refractivity contribution in [2.45, 2.75) is 123 Å². The van der Waals surface area contributed by atoms with Gasteiger partial charge in [0.05, 0.1) is 42.7 Å². The summed E-state index contributed by atoms with van der Waals surface area (Å²) in [7, 11) is 8.66. The molecule has 0 aromatic heterocycles. The van der Waals surface area contributed by atoms with Crippen LogP contribution in [0.4, 0.5) is 11.4 Å². The number of nitrogens with one attached hydrogen (secondary N) is 2. The maximum atomic E-state index is 14.0. The second-order valence-electron chi connectivity index (χ2n) is 17.2. The van der Waals surface area contributed by atoms with E-state index in [2.05, 4.69) is 24.5 Å². The lowest BCUT2D eigenvalue weighted by atomic mass is 9.90. The van der Waals surface area contributed by atoms with Crippen molar-refractivity contribution in [3.63, 3.8) is 0 Å². The molecule has 0 spiro atoms. The summed E-state index contributed by atoms with van der Waals surface area (Å²) in [4.78, 5) is 70.7. The Morgan fingerprint density at radius 3 is 1.97 bits per heavy atom. The highest BCUT2D eigenvalue weighted by Gasteiger charge is 2.42. The number of nitrogen functional groups attached to an aromatic ring is 1. The van der Waals surface area contributed by atoms with E-state index in [-0.39, 0.29) is 78.3 Å². The van der Waals surface area contributed by atoms with Crippen molar-refractivity contribution in [3.05, 3.63) is 60.2 Å². The quantitative estimate of drug-likeness (QED) is 0.126. The fraction of sp³-hybridized carbons (Fsp3) is 0.630. The number of anilines is 2. The zero-order chi connectivity index (χ0) is 45.3. The lowest BCUT2D eigenvalue weighted by Gasteiger charge is -2.39. The van der Waals surface area contributed by atoms with E-state index >= 15 is 0 Å². The molecule has 1 saturated heterocycles. The van der Waals surface area contributed by atoms with Crippen molar-refractivity contribution in [2.75, 3.05) is 53.0 Å². The maximum Gasteiger partial charge on any atom is 0.247 e. The minimum Gasteiger partial charge on any atom is -0.399 e. The highest BCUT2D eigenvalue weighted by atomic mass is 16.5. The molecular formula is C46H75N7O7. The van der Waals surface area contributed by atoms with Crippen molar-refractivity contribution in [1.29, 1.82) is 0 Å². The summed E-state index contributed by atoms with van der Waals surface area (Å²) in [6, 6.07) is 14.7. The molecule has 60 heavy (non-hydrogen) atoms. The lowest BCUT2D eigenvalue weighted by molar-refractivity contribution is -0.146. The third-order valence-electron chi connectivity index (χ3n) is 11.5. The summed E-state index contributed by atoms with van der Waals surface area (Å²) >= 11 is 0. The molecule has 3 rings (SSSR count). The number of ether oxygens (including phenoxy) is 2. The van der Waals surface area contributed by atoms with Crippen LogP contribution in [-0.2, 0) is 39.9 Å². The van der Waals surface area contributed by atoms with Crippen LogP contribution in [0.1, 0.15) is 86.1 Å². The van der Waals surface area contributed by atoms with Crippen molar-refractivity contribution < 1.29 is 33.4 Å². The summed E-state index contributed by atoms with van der Waals surface area (Å²) < 4.78 is 11.9. The molecule has 14 nitrogen and oxygen atoms in total. The van der Waals surface area contributed by atoms with Gasteiger partial charge in [-0.05, 0) is 74.5 Å². The Hall–Kier alpha value is -4.53. The van der Waals surface area contributed by atoms with Gasteiger partial charge in [0.1, 0.15) is 6.04 Å². The molecule has 336 valence electrons. The number of nitrogens with zero attached hydrogens (tertiary/aromatic N) is 3. The van der Waals surface area contributed by atoms with Crippen LogP contribution in [-0.4, -0.2) is 123 Å². The van der Waals surface area contributed by atoms with Crippen LogP contribution in [0, 0.1) is 23.7 Å². The Kier molecular flexibility index (Phi) is 21.8. The molecule has 2 aromatic rings. The van der Waals surface area contributed by atoms with Gasteiger partial charge in [-0.15, -0.1) is 0 Å². The number of likely N-dealkylation sites (N-methyl/N-ethyl adjacent to an activating group) is 2. The molecule has 1 fully saturated rings. The highest BCUT2D eigenvalue weighted by molar-refractivity contribution is 5.97.